The van der Waals surface area contributed by atoms with Gasteiger partial charge in [0.1, 0.15) is 5.75 Å². The Morgan fingerprint density at radius 2 is 1.84 bits per heavy atom. The van der Waals surface area contributed by atoms with E-state index in [4.69, 9.17) is 14.2 Å². The van der Waals surface area contributed by atoms with Crippen LogP contribution in [-0.4, -0.2) is 42.7 Å². The first-order valence-corrected chi connectivity index (χ1v) is 12.5. The fourth-order valence-corrected chi connectivity index (χ4v) is 4.93. The predicted molar refractivity (Wildman–Crippen MR) is 129 cm³/mol. The van der Waals surface area contributed by atoms with Crippen LogP contribution in [0, 0.1) is 11.8 Å². The van der Waals surface area contributed by atoms with E-state index in [1.165, 1.54) is 0 Å². The van der Waals surface area contributed by atoms with Gasteiger partial charge in [0.25, 0.3) is 0 Å². The van der Waals surface area contributed by atoms with E-state index in [-0.39, 0.29) is 0 Å². The van der Waals surface area contributed by atoms with Crippen LogP contribution in [0.5, 0.6) is 11.5 Å². The van der Waals surface area contributed by atoms with Crippen LogP contribution in [0.3, 0.4) is 0 Å². The number of methoxy groups -OCH3 is 1. The number of hydrogen-bond acceptors (Lipinski definition) is 5. The first-order valence-electron chi connectivity index (χ1n) is 11.4. The maximum absolute atomic E-state index is 13.6. The van der Waals surface area contributed by atoms with Crippen LogP contribution in [0.25, 0.3) is 0 Å². The molecule has 176 valence electrons. The zero-order chi connectivity index (χ0) is 23.1. The number of anilines is 1. The second-order valence-electron chi connectivity index (χ2n) is 8.99. The van der Waals surface area contributed by atoms with Crippen molar-refractivity contribution in [3.8, 4) is 11.5 Å². The van der Waals surface area contributed by atoms with Gasteiger partial charge >= 0.3 is 0 Å². The smallest absolute Gasteiger partial charge is 0.183 e. The van der Waals surface area contributed by atoms with Crippen molar-refractivity contribution in [1.82, 2.24) is 4.98 Å². The van der Waals surface area contributed by atoms with E-state index in [1.54, 1.807) is 7.11 Å². The number of benzene rings is 1. The molecule has 2 aromatic rings. The summed E-state index contributed by atoms with van der Waals surface area (Å²) in [5.74, 6) is 3.21. The molecule has 0 bridgehead atoms. The standard InChI is InChI=1S/C25H36N2O4S/c1-18(2)16-27(25-24(29-5)14-21(15-26-25)19(3)4)32(28)23-8-6-22(7-9-23)31-17-20-10-12-30-13-11-20/h6-9,14-15,18-20H,10-13,16-17H2,1-5H3. The van der Waals surface area contributed by atoms with Gasteiger partial charge in [0, 0.05) is 26.0 Å². The second-order valence-corrected chi connectivity index (χ2v) is 10.4. The van der Waals surface area contributed by atoms with Crippen LogP contribution in [0.2, 0.25) is 0 Å². The van der Waals surface area contributed by atoms with Gasteiger partial charge in [0.15, 0.2) is 22.6 Å². The minimum absolute atomic E-state index is 0.303. The molecule has 1 atom stereocenters. The van der Waals surface area contributed by atoms with Crippen LogP contribution < -0.4 is 13.8 Å². The highest BCUT2D eigenvalue weighted by Crippen LogP contribution is 2.32. The van der Waals surface area contributed by atoms with Crippen molar-refractivity contribution in [2.24, 2.45) is 11.8 Å². The molecule has 0 N–H and O–H groups in total. The van der Waals surface area contributed by atoms with Crippen molar-refractivity contribution in [2.45, 2.75) is 51.3 Å². The molecule has 0 amide bonds. The van der Waals surface area contributed by atoms with Gasteiger partial charge in [0.2, 0.25) is 0 Å². The van der Waals surface area contributed by atoms with E-state index < -0.39 is 11.0 Å². The van der Waals surface area contributed by atoms with E-state index in [0.717, 1.165) is 37.4 Å². The van der Waals surface area contributed by atoms with Gasteiger partial charge in [-0.2, -0.15) is 0 Å². The number of nitrogens with zero attached hydrogens (tertiary/aromatic N) is 2. The van der Waals surface area contributed by atoms with Crippen molar-refractivity contribution >= 4 is 16.8 Å². The molecule has 1 aliphatic heterocycles. The number of aromatic nitrogens is 1. The molecule has 1 aromatic carbocycles. The molecule has 7 heteroatoms. The highest BCUT2D eigenvalue weighted by Gasteiger charge is 2.23. The van der Waals surface area contributed by atoms with E-state index in [0.29, 0.717) is 47.4 Å². The van der Waals surface area contributed by atoms with Gasteiger partial charge in [-0.25, -0.2) is 9.19 Å². The Labute approximate surface area is 194 Å². The third-order valence-electron chi connectivity index (χ3n) is 5.56. The number of rotatable bonds is 10. The van der Waals surface area contributed by atoms with E-state index in [9.17, 15) is 4.21 Å². The maximum Gasteiger partial charge on any atom is 0.183 e. The first-order chi connectivity index (χ1) is 15.4. The van der Waals surface area contributed by atoms with Gasteiger partial charge in [-0.15, -0.1) is 0 Å². The molecule has 1 aliphatic rings. The summed E-state index contributed by atoms with van der Waals surface area (Å²) in [7, 11) is 0.211. The summed E-state index contributed by atoms with van der Waals surface area (Å²) in [6.07, 6.45) is 3.92. The summed E-state index contributed by atoms with van der Waals surface area (Å²) in [5, 5.41) is 0. The van der Waals surface area contributed by atoms with Crippen LogP contribution in [0.1, 0.15) is 52.0 Å². The Morgan fingerprint density at radius 3 is 2.44 bits per heavy atom. The van der Waals surface area contributed by atoms with Gasteiger partial charge < -0.3 is 14.2 Å². The SMILES string of the molecule is COc1cc(C(C)C)cnc1N(CC(C)C)S(=O)c1ccc(OCC2CCOCC2)cc1. The lowest BCUT2D eigenvalue weighted by molar-refractivity contribution is 0.0497. The maximum atomic E-state index is 13.6. The Morgan fingerprint density at radius 1 is 1.16 bits per heavy atom. The van der Waals surface area contributed by atoms with Crippen molar-refractivity contribution in [1.29, 1.82) is 0 Å². The lowest BCUT2D eigenvalue weighted by atomic mass is 10.0. The van der Waals surface area contributed by atoms with E-state index in [1.807, 2.05) is 40.8 Å². The highest BCUT2D eigenvalue weighted by atomic mass is 32.2. The first kappa shape index (κ1) is 24.5. The van der Waals surface area contributed by atoms with Crippen LogP contribution in [0.15, 0.2) is 41.4 Å². The molecular weight excluding hydrogens is 424 g/mol. The molecular formula is C25H36N2O4S. The third kappa shape index (κ3) is 6.45. The summed E-state index contributed by atoms with van der Waals surface area (Å²) in [5.41, 5.74) is 1.09. The number of ether oxygens (including phenoxy) is 3. The fraction of sp³-hybridized carbons (Fsp3) is 0.560. The van der Waals surface area contributed by atoms with Gasteiger partial charge in [-0.05, 0) is 66.5 Å². The Kier molecular flexibility index (Phi) is 8.93. The monoisotopic (exact) mass is 460 g/mol. The van der Waals surface area contributed by atoms with Crippen molar-refractivity contribution < 1.29 is 18.4 Å². The quantitative estimate of drug-likeness (QED) is 0.487. The normalized spacial score (nSPS) is 15.7. The Hall–Kier alpha value is -2.12. The molecule has 3 rings (SSSR count). The molecule has 1 aromatic heterocycles. The Balaban J connectivity index is 1.77. The largest absolute Gasteiger partial charge is 0.493 e. The molecule has 0 spiro atoms. The minimum Gasteiger partial charge on any atom is -0.493 e. The van der Waals surface area contributed by atoms with Crippen molar-refractivity contribution in [3.05, 3.63) is 42.1 Å². The molecule has 2 heterocycles. The van der Waals surface area contributed by atoms with E-state index in [2.05, 4.69) is 32.7 Å². The zero-order valence-electron chi connectivity index (χ0n) is 19.9. The van der Waals surface area contributed by atoms with E-state index >= 15 is 0 Å². The molecule has 1 fully saturated rings. The number of hydrogen-bond donors (Lipinski definition) is 0. The van der Waals surface area contributed by atoms with Gasteiger partial charge in [-0.1, -0.05) is 27.7 Å². The third-order valence-corrected chi connectivity index (χ3v) is 6.96. The summed E-state index contributed by atoms with van der Waals surface area (Å²) < 4.78 is 32.4. The summed E-state index contributed by atoms with van der Waals surface area (Å²) in [6, 6.07) is 9.53. The average Bonchev–Trinajstić information content (AvgIpc) is 2.81. The van der Waals surface area contributed by atoms with Gasteiger partial charge in [0.05, 0.1) is 18.6 Å². The highest BCUT2D eigenvalue weighted by molar-refractivity contribution is 7.86. The van der Waals surface area contributed by atoms with Crippen LogP contribution in [-0.2, 0) is 15.7 Å². The Bertz CT molecular complexity index is 880. The summed E-state index contributed by atoms with van der Waals surface area (Å²) in [6.45, 7) is 11.4. The minimum atomic E-state index is -1.42. The molecule has 0 aliphatic carbocycles. The topological polar surface area (TPSA) is 60.9 Å². The zero-order valence-corrected chi connectivity index (χ0v) is 20.7. The molecule has 0 radical (unpaired) electrons. The van der Waals surface area contributed by atoms with Crippen LogP contribution in [0.4, 0.5) is 5.82 Å². The lowest BCUT2D eigenvalue weighted by Gasteiger charge is -2.26. The number of pyridine rings is 1. The average molecular weight is 461 g/mol. The predicted octanol–water partition coefficient (Wildman–Crippen LogP) is 5.20. The van der Waals surface area contributed by atoms with Crippen molar-refractivity contribution in [2.75, 3.05) is 37.8 Å². The second kappa shape index (κ2) is 11.7. The van der Waals surface area contributed by atoms with Crippen molar-refractivity contribution in [3.63, 3.8) is 0 Å². The van der Waals surface area contributed by atoms with Gasteiger partial charge in [-0.3, -0.25) is 4.31 Å². The lowest BCUT2D eigenvalue weighted by Crippen LogP contribution is -2.31. The molecule has 0 saturated carbocycles. The fourth-order valence-electron chi connectivity index (χ4n) is 3.58. The molecule has 1 saturated heterocycles. The van der Waals surface area contributed by atoms with Crippen LogP contribution >= 0.6 is 0 Å². The molecule has 32 heavy (non-hydrogen) atoms. The molecule has 1 unspecified atom stereocenters. The summed E-state index contributed by atoms with van der Waals surface area (Å²) in [4.78, 5) is 5.35. The molecule has 6 nitrogen and oxygen atoms in total. The summed E-state index contributed by atoms with van der Waals surface area (Å²) >= 11 is 0.